The zero-order chi connectivity index (χ0) is 36.8. The summed E-state index contributed by atoms with van der Waals surface area (Å²) in [5, 5.41) is 5.01. The smallest absolute Gasteiger partial charge is 0.0735 e. The van der Waals surface area contributed by atoms with Gasteiger partial charge in [0.1, 0.15) is 0 Å². The second-order valence-corrected chi connectivity index (χ2v) is 15.9. The zero-order valence-electron chi connectivity index (χ0n) is 30.4. The highest BCUT2D eigenvalue weighted by Gasteiger charge is 2.48. The predicted molar refractivity (Wildman–Crippen MR) is 234 cm³/mol. The summed E-state index contributed by atoms with van der Waals surface area (Å²) < 4.78 is 2.39. The first-order valence-electron chi connectivity index (χ1n) is 19.3. The predicted octanol–water partition coefficient (Wildman–Crippen LogP) is 14.2. The van der Waals surface area contributed by atoms with Crippen molar-refractivity contribution in [3.8, 4) is 16.8 Å². The monoisotopic (exact) mass is 730 g/mol. The minimum atomic E-state index is -0.476. The molecule has 2 aliphatic rings. The number of fused-ring (bicyclic) bond motifs is 11. The van der Waals surface area contributed by atoms with Crippen molar-refractivity contribution in [3.63, 3.8) is 0 Å². The molecule has 12 rings (SSSR count). The third-order valence-corrected chi connectivity index (χ3v) is 13.2. The van der Waals surface area contributed by atoms with Gasteiger partial charge >= 0.3 is 0 Å². The Morgan fingerprint density at radius 1 is 0.393 bits per heavy atom. The zero-order valence-corrected chi connectivity index (χ0v) is 31.2. The molecule has 262 valence electrons. The lowest BCUT2D eigenvalue weighted by atomic mass is 9.59. The van der Waals surface area contributed by atoms with Crippen molar-refractivity contribution < 1.29 is 0 Å². The average Bonchev–Trinajstić information content (AvgIpc) is 3.60. The van der Waals surface area contributed by atoms with E-state index in [9.17, 15) is 0 Å². The van der Waals surface area contributed by atoms with E-state index >= 15 is 0 Å². The fraction of sp³-hybridized carbons (Fsp3) is 0.0189. The summed E-state index contributed by atoms with van der Waals surface area (Å²) in [5.41, 5.74) is 14.4. The van der Waals surface area contributed by atoms with E-state index in [1.54, 1.807) is 0 Å². The number of anilines is 3. The quantitative estimate of drug-likeness (QED) is 0.178. The van der Waals surface area contributed by atoms with Crippen LogP contribution < -0.4 is 4.90 Å². The largest absolute Gasteiger partial charge is 0.310 e. The SMILES string of the molecule is c1ccc(N(c2ccc3c(c2)c2ccccc2n3-c2ccccc2)c2ccc3c4c(cccc24)C2(c4ccccc4Sc4ccccc42)c2ccccc2-3)cc1. The molecule has 0 saturated heterocycles. The highest BCUT2D eigenvalue weighted by molar-refractivity contribution is 7.99. The number of nitrogens with zero attached hydrogens (tertiary/aromatic N) is 2. The highest BCUT2D eigenvalue weighted by atomic mass is 32.2. The summed E-state index contributed by atoms with van der Waals surface area (Å²) in [6, 6.07) is 76.3. The van der Waals surface area contributed by atoms with Gasteiger partial charge in [0.25, 0.3) is 0 Å². The van der Waals surface area contributed by atoms with Crippen LogP contribution in [0.15, 0.2) is 216 Å². The summed E-state index contributed by atoms with van der Waals surface area (Å²) >= 11 is 1.89. The fourth-order valence-corrected chi connectivity index (χ4v) is 11.0. The molecule has 0 fully saturated rings. The fourth-order valence-electron chi connectivity index (χ4n) is 9.85. The molecule has 2 nitrogen and oxygen atoms in total. The van der Waals surface area contributed by atoms with Crippen molar-refractivity contribution in [3.05, 3.63) is 229 Å². The van der Waals surface area contributed by atoms with Crippen molar-refractivity contribution in [1.82, 2.24) is 4.57 Å². The van der Waals surface area contributed by atoms with Crippen LogP contribution in [0.25, 0.3) is 49.4 Å². The molecule has 10 aromatic rings. The maximum atomic E-state index is 2.46. The van der Waals surface area contributed by atoms with Gasteiger partial charge in [-0.05, 0) is 105 Å². The molecule has 1 spiro atoms. The molecule has 1 aromatic heterocycles. The molecule has 1 aliphatic carbocycles. The Morgan fingerprint density at radius 3 is 1.79 bits per heavy atom. The summed E-state index contributed by atoms with van der Waals surface area (Å²) in [7, 11) is 0. The molecule has 0 unspecified atom stereocenters. The minimum absolute atomic E-state index is 0.476. The second-order valence-electron chi connectivity index (χ2n) is 14.8. The van der Waals surface area contributed by atoms with E-state index in [0.717, 1.165) is 22.7 Å². The van der Waals surface area contributed by atoms with Crippen LogP contribution in [0.3, 0.4) is 0 Å². The second kappa shape index (κ2) is 12.1. The molecular formula is C53H34N2S. The van der Waals surface area contributed by atoms with Gasteiger partial charge in [0.05, 0.1) is 22.1 Å². The number of benzene rings is 9. The Bertz CT molecular complexity index is 3130. The Labute approximate surface area is 329 Å². The number of aromatic nitrogens is 1. The number of para-hydroxylation sites is 3. The Morgan fingerprint density at radius 2 is 1.00 bits per heavy atom. The van der Waals surface area contributed by atoms with Crippen LogP contribution in [0, 0.1) is 0 Å². The van der Waals surface area contributed by atoms with Gasteiger partial charge in [-0.25, -0.2) is 0 Å². The van der Waals surface area contributed by atoms with Gasteiger partial charge in [-0.1, -0.05) is 151 Å². The number of hydrogen-bond donors (Lipinski definition) is 0. The molecule has 0 radical (unpaired) electrons. The first-order chi connectivity index (χ1) is 27.8. The Balaban J connectivity index is 1.16. The standard InChI is InChI=1S/C53H34N2S/c1-3-16-35(17-4-1)54(37-30-32-49-42(34-37)39-21-8-12-27-47(39)55(49)36-18-5-2-6-19-36)48-33-31-40-38-20-7-9-23-43(38)53(46-26-15-22-41(48)52(40)46)44-24-10-13-28-50(44)56-51-29-14-11-25-45(51)53/h1-34H. The molecule has 1 aliphatic heterocycles. The van der Waals surface area contributed by atoms with Gasteiger partial charge in [-0.3, -0.25) is 0 Å². The van der Waals surface area contributed by atoms with Crippen molar-refractivity contribution in [2.45, 2.75) is 15.2 Å². The van der Waals surface area contributed by atoms with E-state index in [1.165, 1.54) is 75.7 Å². The average molecular weight is 731 g/mol. The minimum Gasteiger partial charge on any atom is -0.310 e. The van der Waals surface area contributed by atoms with Crippen LogP contribution in [-0.2, 0) is 5.41 Å². The van der Waals surface area contributed by atoms with Gasteiger partial charge < -0.3 is 9.47 Å². The Kier molecular flexibility index (Phi) is 6.81. The van der Waals surface area contributed by atoms with Crippen LogP contribution in [0.4, 0.5) is 17.1 Å². The Hall–Kier alpha value is -6.81. The molecule has 0 N–H and O–H groups in total. The third-order valence-electron chi connectivity index (χ3n) is 12.0. The summed E-state index contributed by atoms with van der Waals surface area (Å²) in [6.45, 7) is 0. The van der Waals surface area contributed by atoms with E-state index in [4.69, 9.17) is 0 Å². The lowest BCUT2D eigenvalue weighted by Gasteiger charge is -2.46. The maximum Gasteiger partial charge on any atom is 0.0735 e. The van der Waals surface area contributed by atoms with Gasteiger partial charge in [0.2, 0.25) is 0 Å². The first kappa shape index (κ1) is 31.5. The summed E-state index contributed by atoms with van der Waals surface area (Å²) in [5.74, 6) is 0. The van der Waals surface area contributed by atoms with Crippen LogP contribution in [0.2, 0.25) is 0 Å². The summed E-state index contributed by atoms with van der Waals surface area (Å²) in [4.78, 5) is 5.08. The van der Waals surface area contributed by atoms with E-state index in [1.807, 2.05) is 11.8 Å². The molecule has 0 saturated carbocycles. The normalized spacial score (nSPS) is 13.4. The van der Waals surface area contributed by atoms with Crippen LogP contribution in [-0.4, -0.2) is 4.57 Å². The van der Waals surface area contributed by atoms with E-state index < -0.39 is 5.41 Å². The topological polar surface area (TPSA) is 8.17 Å². The molecule has 9 aromatic carbocycles. The van der Waals surface area contributed by atoms with Crippen LogP contribution in [0.5, 0.6) is 0 Å². The van der Waals surface area contributed by atoms with E-state index in [-0.39, 0.29) is 0 Å². The van der Waals surface area contributed by atoms with Gasteiger partial charge in [0.15, 0.2) is 0 Å². The lowest BCUT2D eigenvalue weighted by molar-refractivity contribution is 0.707. The first-order valence-corrected chi connectivity index (χ1v) is 20.1. The van der Waals surface area contributed by atoms with E-state index in [2.05, 4.69) is 216 Å². The number of rotatable bonds is 4. The third kappa shape index (κ3) is 4.29. The molecule has 0 amide bonds. The van der Waals surface area contributed by atoms with Crippen molar-refractivity contribution in [2.24, 2.45) is 0 Å². The highest BCUT2D eigenvalue weighted by Crippen LogP contribution is 2.62. The van der Waals surface area contributed by atoms with Crippen molar-refractivity contribution in [2.75, 3.05) is 4.90 Å². The van der Waals surface area contributed by atoms with Crippen LogP contribution in [0.1, 0.15) is 22.3 Å². The lowest BCUT2D eigenvalue weighted by Crippen LogP contribution is -2.36. The molecule has 2 heterocycles. The molecule has 0 bridgehead atoms. The van der Waals surface area contributed by atoms with Gasteiger partial charge in [0, 0.05) is 43.0 Å². The summed E-state index contributed by atoms with van der Waals surface area (Å²) in [6.07, 6.45) is 0. The molecule has 3 heteroatoms. The maximum absolute atomic E-state index is 2.46. The van der Waals surface area contributed by atoms with E-state index in [0.29, 0.717) is 0 Å². The van der Waals surface area contributed by atoms with Crippen molar-refractivity contribution >= 4 is 61.4 Å². The molecule has 56 heavy (non-hydrogen) atoms. The van der Waals surface area contributed by atoms with Crippen LogP contribution >= 0.6 is 11.8 Å². The molecular weight excluding hydrogens is 697 g/mol. The number of hydrogen-bond acceptors (Lipinski definition) is 2. The molecule has 0 atom stereocenters. The van der Waals surface area contributed by atoms with Crippen molar-refractivity contribution in [1.29, 1.82) is 0 Å². The van der Waals surface area contributed by atoms with Gasteiger partial charge in [-0.15, -0.1) is 0 Å². The van der Waals surface area contributed by atoms with Gasteiger partial charge in [-0.2, -0.15) is 0 Å².